The zero-order valence-electron chi connectivity index (χ0n) is 14.8. The fourth-order valence-corrected chi connectivity index (χ4v) is 3.70. The van der Waals surface area contributed by atoms with Gasteiger partial charge in [-0.1, -0.05) is 41.4 Å². The average molecular weight is 411 g/mol. The van der Waals surface area contributed by atoms with E-state index in [1.165, 1.54) is 12.1 Å². The minimum Gasteiger partial charge on any atom is -0.379 e. The summed E-state index contributed by atoms with van der Waals surface area (Å²) in [5, 5.41) is 3.91. The Balaban J connectivity index is 1.68. The van der Waals surface area contributed by atoms with Gasteiger partial charge >= 0.3 is 0 Å². The molecule has 3 rings (SSSR count). The third-order valence-corrected chi connectivity index (χ3v) is 5.34. The molecule has 27 heavy (non-hydrogen) atoms. The molecule has 7 heteroatoms. The number of carbonyl (C=O) groups excluding carboxylic acids is 1. The summed E-state index contributed by atoms with van der Waals surface area (Å²) < 4.78 is 18.7. The molecule has 0 aromatic heterocycles. The molecule has 1 fully saturated rings. The first kappa shape index (κ1) is 20.1. The highest BCUT2D eigenvalue weighted by molar-refractivity contribution is 6.36. The van der Waals surface area contributed by atoms with Crippen LogP contribution in [0.2, 0.25) is 10.0 Å². The highest BCUT2D eigenvalue weighted by atomic mass is 35.5. The predicted molar refractivity (Wildman–Crippen MR) is 105 cm³/mol. The summed E-state index contributed by atoms with van der Waals surface area (Å²) >= 11 is 12.3. The zero-order chi connectivity index (χ0) is 19.2. The van der Waals surface area contributed by atoms with Gasteiger partial charge in [0, 0.05) is 29.7 Å². The second-order valence-electron chi connectivity index (χ2n) is 6.40. The van der Waals surface area contributed by atoms with Gasteiger partial charge in [-0.25, -0.2) is 4.39 Å². The van der Waals surface area contributed by atoms with Crippen LogP contribution in [0.5, 0.6) is 0 Å². The van der Waals surface area contributed by atoms with Gasteiger partial charge in [-0.05, 0) is 35.4 Å². The number of rotatable bonds is 6. The molecule has 2 aromatic rings. The molecule has 0 radical (unpaired) electrons. The Morgan fingerprint density at radius 3 is 2.37 bits per heavy atom. The number of carbonyl (C=O) groups is 1. The van der Waals surface area contributed by atoms with E-state index in [1.54, 1.807) is 30.3 Å². The van der Waals surface area contributed by atoms with Crippen molar-refractivity contribution in [3.05, 3.63) is 69.5 Å². The second kappa shape index (κ2) is 9.51. The molecule has 1 aliphatic rings. The topological polar surface area (TPSA) is 41.6 Å². The number of halogens is 3. The lowest BCUT2D eigenvalue weighted by Gasteiger charge is -2.35. The number of nitrogens with one attached hydrogen (secondary N) is 1. The van der Waals surface area contributed by atoms with Gasteiger partial charge in [-0.15, -0.1) is 0 Å². The standard InChI is InChI=1S/C20H21Cl2FN2O2/c21-17-2-1-3-18(22)16(17)12-20(26)24-13-19(25-8-10-27-11-9-25)14-4-6-15(23)7-5-14/h1-7,19H,8-13H2,(H,24,26)/t19-/m1/s1. The normalized spacial score (nSPS) is 16.1. The zero-order valence-corrected chi connectivity index (χ0v) is 16.3. The molecule has 1 amide bonds. The van der Waals surface area contributed by atoms with Crippen molar-refractivity contribution in [2.24, 2.45) is 0 Å². The van der Waals surface area contributed by atoms with Gasteiger partial charge in [0.1, 0.15) is 5.82 Å². The van der Waals surface area contributed by atoms with Crippen LogP contribution in [0, 0.1) is 5.82 Å². The van der Waals surface area contributed by atoms with E-state index >= 15 is 0 Å². The van der Waals surface area contributed by atoms with Crippen molar-refractivity contribution in [1.82, 2.24) is 10.2 Å². The molecule has 1 saturated heterocycles. The van der Waals surface area contributed by atoms with Gasteiger partial charge in [0.2, 0.25) is 5.91 Å². The second-order valence-corrected chi connectivity index (χ2v) is 7.21. The maximum atomic E-state index is 13.3. The van der Waals surface area contributed by atoms with E-state index < -0.39 is 0 Å². The molecule has 0 bridgehead atoms. The van der Waals surface area contributed by atoms with Gasteiger partial charge in [0.05, 0.1) is 25.7 Å². The predicted octanol–water partition coefficient (Wildman–Crippen LogP) is 3.86. The molecule has 0 aliphatic carbocycles. The van der Waals surface area contributed by atoms with Crippen molar-refractivity contribution >= 4 is 29.1 Å². The molecule has 1 heterocycles. The Morgan fingerprint density at radius 2 is 1.74 bits per heavy atom. The summed E-state index contributed by atoms with van der Waals surface area (Å²) in [6.07, 6.45) is 0.109. The first-order valence-corrected chi connectivity index (χ1v) is 9.57. The van der Waals surface area contributed by atoms with Crippen LogP contribution in [-0.4, -0.2) is 43.7 Å². The summed E-state index contributed by atoms with van der Waals surface area (Å²) in [7, 11) is 0. The largest absolute Gasteiger partial charge is 0.379 e. The summed E-state index contributed by atoms with van der Waals surface area (Å²) in [6, 6.07) is 11.5. The van der Waals surface area contributed by atoms with Crippen LogP contribution in [0.4, 0.5) is 4.39 Å². The van der Waals surface area contributed by atoms with Crippen molar-refractivity contribution in [3.8, 4) is 0 Å². The first-order chi connectivity index (χ1) is 13.0. The Kier molecular flexibility index (Phi) is 7.07. The molecule has 0 spiro atoms. The Hall–Kier alpha value is -1.66. The van der Waals surface area contributed by atoms with Crippen LogP contribution in [0.1, 0.15) is 17.2 Å². The van der Waals surface area contributed by atoms with Gasteiger partial charge in [-0.3, -0.25) is 9.69 Å². The van der Waals surface area contributed by atoms with Crippen LogP contribution in [0.25, 0.3) is 0 Å². The van der Waals surface area contributed by atoms with Crippen molar-refractivity contribution < 1.29 is 13.9 Å². The molecular weight excluding hydrogens is 390 g/mol. The number of hydrogen-bond donors (Lipinski definition) is 1. The SMILES string of the molecule is O=C(Cc1c(Cl)cccc1Cl)NC[C@H](c1ccc(F)cc1)N1CCOCC1. The third kappa shape index (κ3) is 5.42. The van der Waals surface area contributed by atoms with Gasteiger partial charge in [0.15, 0.2) is 0 Å². The van der Waals surface area contributed by atoms with Crippen LogP contribution in [0.3, 0.4) is 0 Å². The summed E-state index contributed by atoms with van der Waals surface area (Å²) in [5.74, 6) is -0.442. The average Bonchev–Trinajstić information content (AvgIpc) is 2.67. The van der Waals surface area contributed by atoms with Crippen molar-refractivity contribution in [2.75, 3.05) is 32.8 Å². The number of hydrogen-bond acceptors (Lipinski definition) is 3. The van der Waals surface area contributed by atoms with Crippen LogP contribution in [0.15, 0.2) is 42.5 Å². The molecular formula is C20H21Cl2FN2O2. The highest BCUT2D eigenvalue weighted by Crippen LogP contribution is 2.25. The Bertz CT molecular complexity index is 760. The number of morpholine rings is 1. The molecule has 4 nitrogen and oxygen atoms in total. The van der Waals surface area contributed by atoms with Gasteiger partial charge in [-0.2, -0.15) is 0 Å². The lowest BCUT2D eigenvalue weighted by Crippen LogP contribution is -2.44. The molecule has 1 aliphatic heterocycles. The van der Waals surface area contributed by atoms with Gasteiger partial charge in [0.25, 0.3) is 0 Å². The first-order valence-electron chi connectivity index (χ1n) is 8.81. The summed E-state index contributed by atoms with van der Waals surface area (Å²) in [5.41, 5.74) is 1.57. The quantitative estimate of drug-likeness (QED) is 0.785. The van der Waals surface area contributed by atoms with E-state index in [0.717, 1.165) is 18.7 Å². The molecule has 144 valence electrons. The smallest absolute Gasteiger partial charge is 0.224 e. The fraction of sp³-hybridized carbons (Fsp3) is 0.350. The van der Waals surface area contributed by atoms with Crippen LogP contribution in [-0.2, 0) is 16.0 Å². The van der Waals surface area contributed by atoms with Crippen molar-refractivity contribution in [3.63, 3.8) is 0 Å². The minimum absolute atomic E-state index is 0.0554. The van der Waals surface area contributed by atoms with Crippen LogP contribution >= 0.6 is 23.2 Å². The Labute approximate surface area is 168 Å². The van der Waals surface area contributed by atoms with E-state index in [4.69, 9.17) is 27.9 Å². The van der Waals surface area contributed by atoms with Gasteiger partial charge < -0.3 is 10.1 Å². The number of ether oxygens (including phenoxy) is 1. The molecule has 2 aromatic carbocycles. The minimum atomic E-state index is -0.281. The van der Waals surface area contributed by atoms with E-state index in [9.17, 15) is 9.18 Å². The number of amides is 1. The third-order valence-electron chi connectivity index (χ3n) is 4.63. The number of benzene rings is 2. The van der Waals surface area contributed by atoms with Crippen molar-refractivity contribution in [2.45, 2.75) is 12.5 Å². The molecule has 0 unspecified atom stereocenters. The monoisotopic (exact) mass is 410 g/mol. The van der Waals surface area contributed by atoms with E-state index in [0.29, 0.717) is 35.4 Å². The summed E-state index contributed by atoms with van der Waals surface area (Å²) in [4.78, 5) is 14.7. The van der Waals surface area contributed by atoms with E-state index in [-0.39, 0.29) is 24.2 Å². The number of nitrogens with zero attached hydrogens (tertiary/aromatic N) is 1. The van der Waals surface area contributed by atoms with Crippen molar-refractivity contribution in [1.29, 1.82) is 0 Å². The lowest BCUT2D eigenvalue weighted by atomic mass is 10.0. The highest BCUT2D eigenvalue weighted by Gasteiger charge is 2.23. The maximum absolute atomic E-state index is 13.3. The maximum Gasteiger partial charge on any atom is 0.224 e. The van der Waals surface area contributed by atoms with E-state index in [1.807, 2.05) is 0 Å². The lowest BCUT2D eigenvalue weighted by molar-refractivity contribution is -0.120. The molecule has 0 saturated carbocycles. The molecule has 1 N–H and O–H groups in total. The fourth-order valence-electron chi connectivity index (χ4n) is 3.17. The van der Waals surface area contributed by atoms with Crippen LogP contribution < -0.4 is 5.32 Å². The summed E-state index contributed by atoms with van der Waals surface area (Å²) in [6.45, 7) is 3.21. The Morgan fingerprint density at radius 1 is 1.11 bits per heavy atom. The molecule has 1 atom stereocenters. The van der Waals surface area contributed by atoms with E-state index in [2.05, 4.69) is 10.2 Å².